The molecule has 0 saturated heterocycles. The standard InChI is InChI=1S/C14H22O.C2H6/c1-3-11-5-4-9-14(2)12(8-10-15)6-7-13(11)14;1-2/h3,10,12-13H,4-9H2,1-2H3;1-2H3/b11-3+;/t12?,13?,14-;/m1./s1. The number of rotatable bonds is 2. The summed E-state index contributed by atoms with van der Waals surface area (Å²) >= 11 is 0. The first-order valence-corrected chi connectivity index (χ1v) is 7.31. The Labute approximate surface area is 107 Å². The Morgan fingerprint density at radius 3 is 2.65 bits per heavy atom. The molecule has 1 nitrogen and oxygen atoms in total. The molecule has 2 fully saturated rings. The molecule has 0 aromatic heterocycles. The van der Waals surface area contributed by atoms with Crippen LogP contribution < -0.4 is 0 Å². The molecule has 0 amide bonds. The van der Waals surface area contributed by atoms with E-state index in [9.17, 15) is 4.79 Å². The third-order valence-electron chi connectivity index (χ3n) is 4.91. The molecule has 98 valence electrons. The molecular weight excluding hydrogens is 208 g/mol. The highest BCUT2D eigenvalue weighted by Gasteiger charge is 2.48. The van der Waals surface area contributed by atoms with Crippen LogP contribution in [0.25, 0.3) is 0 Å². The molecule has 2 rings (SSSR count). The highest BCUT2D eigenvalue weighted by Crippen LogP contribution is 2.57. The SMILES string of the molecule is C/C=C1\CCC[C@]2(C)C(CC=O)CCC12.CC. The van der Waals surface area contributed by atoms with Crippen molar-refractivity contribution in [3.63, 3.8) is 0 Å². The first-order valence-electron chi connectivity index (χ1n) is 7.31. The minimum atomic E-state index is 0.432. The van der Waals surface area contributed by atoms with Crippen LogP contribution in [0.15, 0.2) is 11.6 Å². The molecule has 2 aliphatic carbocycles. The lowest BCUT2D eigenvalue weighted by molar-refractivity contribution is -0.109. The number of hydrogen-bond donors (Lipinski definition) is 0. The van der Waals surface area contributed by atoms with Gasteiger partial charge < -0.3 is 4.79 Å². The van der Waals surface area contributed by atoms with E-state index in [1.807, 2.05) is 13.8 Å². The van der Waals surface area contributed by atoms with Gasteiger partial charge >= 0.3 is 0 Å². The Balaban J connectivity index is 0.000000686. The van der Waals surface area contributed by atoms with Gasteiger partial charge in [-0.15, -0.1) is 0 Å². The molecule has 1 heteroatoms. The van der Waals surface area contributed by atoms with Gasteiger partial charge in [0, 0.05) is 6.42 Å². The van der Waals surface area contributed by atoms with Crippen LogP contribution in [0.5, 0.6) is 0 Å². The number of carbonyl (C=O) groups excluding carboxylic acids is 1. The van der Waals surface area contributed by atoms with E-state index in [0.717, 1.165) is 18.6 Å². The van der Waals surface area contributed by atoms with E-state index < -0.39 is 0 Å². The quantitative estimate of drug-likeness (QED) is 0.499. The number of aldehydes is 1. The Morgan fingerprint density at radius 2 is 2.06 bits per heavy atom. The predicted octanol–water partition coefficient (Wildman–Crippen LogP) is 4.76. The van der Waals surface area contributed by atoms with Crippen LogP contribution in [-0.2, 0) is 4.79 Å². The second-order valence-electron chi connectivity index (χ2n) is 5.45. The summed E-state index contributed by atoms with van der Waals surface area (Å²) in [6, 6.07) is 0. The van der Waals surface area contributed by atoms with E-state index in [1.54, 1.807) is 5.57 Å². The summed E-state index contributed by atoms with van der Waals surface area (Å²) < 4.78 is 0. The number of hydrogen-bond acceptors (Lipinski definition) is 1. The zero-order chi connectivity index (χ0) is 12.9. The van der Waals surface area contributed by atoms with Crippen molar-refractivity contribution < 1.29 is 4.79 Å². The third kappa shape index (κ3) is 2.64. The van der Waals surface area contributed by atoms with Gasteiger partial charge in [-0.25, -0.2) is 0 Å². The molecular formula is C16H28O. The smallest absolute Gasteiger partial charge is 0.120 e. The zero-order valence-electron chi connectivity index (χ0n) is 12.0. The Morgan fingerprint density at radius 1 is 1.35 bits per heavy atom. The van der Waals surface area contributed by atoms with Crippen molar-refractivity contribution in [3.8, 4) is 0 Å². The van der Waals surface area contributed by atoms with Crippen molar-refractivity contribution in [2.75, 3.05) is 0 Å². The maximum Gasteiger partial charge on any atom is 0.120 e. The summed E-state index contributed by atoms with van der Waals surface area (Å²) in [5, 5.41) is 0. The monoisotopic (exact) mass is 236 g/mol. The summed E-state index contributed by atoms with van der Waals surface area (Å²) in [5.74, 6) is 1.43. The van der Waals surface area contributed by atoms with Crippen LogP contribution in [0, 0.1) is 17.3 Å². The van der Waals surface area contributed by atoms with Crippen LogP contribution in [0.3, 0.4) is 0 Å². The van der Waals surface area contributed by atoms with E-state index in [-0.39, 0.29) is 0 Å². The maximum atomic E-state index is 10.7. The fraction of sp³-hybridized carbons (Fsp3) is 0.812. The highest BCUT2D eigenvalue weighted by atomic mass is 16.1. The second kappa shape index (κ2) is 6.37. The van der Waals surface area contributed by atoms with Gasteiger partial charge in [-0.05, 0) is 56.3 Å². The second-order valence-corrected chi connectivity index (χ2v) is 5.45. The van der Waals surface area contributed by atoms with E-state index in [4.69, 9.17) is 0 Å². The molecule has 2 saturated carbocycles. The zero-order valence-corrected chi connectivity index (χ0v) is 12.0. The molecule has 0 aromatic rings. The first kappa shape index (κ1) is 14.5. The molecule has 2 unspecified atom stereocenters. The lowest BCUT2D eigenvalue weighted by Crippen LogP contribution is -2.33. The Kier molecular flexibility index (Phi) is 5.42. The van der Waals surface area contributed by atoms with Crippen LogP contribution >= 0.6 is 0 Å². The van der Waals surface area contributed by atoms with E-state index >= 15 is 0 Å². The Hall–Kier alpha value is -0.590. The molecule has 0 aliphatic heterocycles. The van der Waals surface area contributed by atoms with Crippen molar-refractivity contribution in [2.24, 2.45) is 17.3 Å². The minimum absolute atomic E-state index is 0.432. The molecule has 3 atom stereocenters. The lowest BCUT2D eigenvalue weighted by Gasteiger charge is -2.42. The maximum absolute atomic E-state index is 10.7. The highest BCUT2D eigenvalue weighted by molar-refractivity contribution is 5.50. The van der Waals surface area contributed by atoms with Crippen molar-refractivity contribution in [3.05, 3.63) is 11.6 Å². The molecule has 17 heavy (non-hydrogen) atoms. The molecule has 0 heterocycles. The average molecular weight is 236 g/mol. The molecule has 0 N–H and O–H groups in total. The predicted molar refractivity (Wildman–Crippen MR) is 74.0 cm³/mol. The number of allylic oxidation sites excluding steroid dienone is 2. The normalized spacial score (nSPS) is 38.2. The first-order chi connectivity index (χ1) is 8.22. The fourth-order valence-corrected chi connectivity index (χ4v) is 4.00. The van der Waals surface area contributed by atoms with Gasteiger partial charge in [0.25, 0.3) is 0 Å². The Bertz CT molecular complexity index is 279. The van der Waals surface area contributed by atoms with E-state index in [1.165, 1.54) is 32.1 Å². The molecule has 2 aliphatic rings. The summed E-state index contributed by atoms with van der Waals surface area (Å²) in [6.45, 7) is 8.59. The summed E-state index contributed by atoms with van der Waals surface area (Å²) in [5.41, 5.74) is 2.10. The van der Waals surface area contributed by atoms with Gasteiger partial charge in [-0.2, -0.15) is 0 Å². The van der Waals surface area contributed by atoms with Gasteiger partial charge in [0.1, 0.15) is 6.29 Å². The largest absolute Gasteiger partial charge is 0.303 e. The third-order valence-corrected chi connectivity index (χ3v) is 4.91. The van der Waals surface area contributed by atoms with E-state index in [0.29, 0.717) is 11.3 Å². The summed E-state index contributed by atoms with van der Waals surface area (Å²) in [6.07, 6.45) is 10.8. The van der Waals surface area contributed by atoms with Gasteiger partial charge in [0.15, 0.2) is 0 Å². The van der Waals surface area contributed by atoms with Gasteiger partial charge in [-0.1, -0.05) is 32.4 Å². The fourth-order valence-electron chi connectivity index (χ4n) is 4.00. The lowest BCUT2D eigenvalue weighted by atomic mass is 9.63. The van der Waals surface area contributed by atoms with E-state index in [2.05, 4.69) is 19.9 Å². The molecule has 0 radical (unpaired) electrons. The van der Waals surface area contributed by atoms with Crippen LogP contribution in [0.4, 0.5) is 0 Å². The van der Waals surface area contributed by atoms with Crippen molar-refractivity contribution in [1.29, 1.82) is 0 Å². The van der Waals surface area contributed by atoms with Crippen molar-refractivity contribution in [2.45, 2.75) is 66.2 Å². The minimum Gasteiger partial charge on any atom is -0.303 e. The van der Waals surface area contributed by atoms with Crippen LogP contribution in [0.1, 0.15) is 66.2 Å². The molecule has 0 bridgehead atoms. The van der Waals surface area contributed by atoms with Crippen LogP contribution in [-0.4, -0.2) is 6.29 Å². The van der Waals surface area contributed by atoms with Crippen molar-refractivity contribution in [1.82, 2.24) is 0 Å². The summed E-state index contributed by atoms with van der Waals surface area (Å²) in [7, 11) is 0. The molecule has 0 spiro atoms. The topological polar surface area (TPSA) is 17.1 Å². The van der Waals surface area contributed by atoms with Gasteiger partial charge in [0.05, 0.1) is 0 Å². The summed E-state index contributed by atoms with van der Waals surface area (Å²) in [4.78, 5) is 10.7. The average Bonchev–Trinajstić information content (AvgIpc) is 2.69. The van der Waals surface area contributed by atoms with Gasteiger partial charge in [0.2, 0.25) is 0 Å². The van der Waals surface area contributed by atoms with Gasteiger partial charge in [-0.3, -0.25) is 0 Å². The van der Waals surface area contributed by atoms with Crippen molar-refractivity contribution >= 4 is 6.29 Å². The molecule has 0 aromatic carbocycles. The van der Waals surface area contributed by atoms with Crippen LogP contribution in [0.2, 0.25) is 0 Å². The number of carbonyl (C=O) groups is 1. The number of fused-ring (bicyclic) bond motifs is 1.